The standard InChI is InChI=1S/C19H19N3O3/c23-22(24)14-3-1-2-12(8-14)13-9-15-16-11-20-5-4-17(16)21-6-7-25-18(10-13)19(15)21/h1-3,8-10,16-17,20H,4-7,11H2/t16-,17-/m0/s1. The summed E-state index contributed by atoms with van der Waals surface area (Å²) in [4.78, 5) is 13.3. The molecule has 1 fully saturated rings. The van der Waals surface area contributed by atoms with Crippen molar-refractivity contribution < 1.29 is 9.66 Å². The van der Waals surface area contributed by atoms with Gasteiger partial charge in [-0.15, -0.1) is 0 Å². The Bertz CT molecular complexity index is 867. The zero-order valence-corrected chi connectivity index (χ0v) is 13.8. The van der Waals surface area contributed by atoms with Crippen LogP contribution in [-0.4, -0.2) is 37.2 Å². The zero-order chi connectivity index (χ0) is 17.0. The van der Waals surface area contributed by atoms with Gasteiger partial charge in [0.1, 0.15) is 12.4 Å². The second-order valence-electron chi connectivity index (χ2n) is 6.93. The van der Waals surface area contributed by atoms with Crippen molar-refractivity contribution in [2.45, 2.75) is 18.4 Å². The summed E-state index contributed by atoms with van der Waals surface area (Å²) < 4.78 is 5.96. The van der Waals surface area contributed by atoms with Gasteiger partial charge in [0.25, 0.3) is 5.69 Å². The van der Waals surface area contributed by atoms with E-state index >= 15 is 0 Å². The molecule has 3 aliphatic heterocycles. The average Bonchev–Trinajstić information content (AvgIpc) is 2.98. The Balaban J connectivity index is 1.65. The van der Waals surface area contributed by atoms with Crippen molar-refractivity contribution in [2.24, 2.45) is 0 Å². The summed E-state index contributed by atoms with van der Waals surface area (Å²) in [5.74, 6) is 1.38. The first kappa shape index (κ1) is 14.7. The Kier molecular flexibility index (Phi) is 3.21. The van der Waals surface area contributed by atoms with Gasteiger partial charge in [0.2, 0.25) is 0 Å². The minimum Gasteiger partial charge on any atom is -0.490 e. The molecule has 25 heavy (non-hydrogen) atoms. The zero-order valence-electron chi connectivity index (χ0n) is 13.8. The van der Waals surface area contributed by atoms with E-state index in [9.17, 15) is 10.1 Å². The summed E-state index contributed by atoms with van der Waals surface area (Å²) in [5, 5.41) is 14.6. The van der Waals surface area contributed by atoms with Crippen LogP contribution in [0.15, 0.2) is 36.4 Å². The minimum absolute atomic E-state index is 0.117. The minimum atomic E-state index is -0.347. The summed E-state index contributed by atoms with van der Waals surface area (Å²) in [6.07, 6.45) is 1.14. The van der Waals surface area contributed by atoms with Crippen LogP contribution in [0.1, 0.15) is 17.9 Å². The lowest BCUT2D eigenvalue weighted by atomic mass is 9.88. The van der Waals surface area contributed by atoms with Gasteiger partial charge in [-0.05, 0) is 41.8 Å². The van der Waals surface area contributed by atoms with Crippen LogP contribution in [-0.2, 0) is 0 Å². The normalized spacial score (nSPS) is 23.6. The third-order valence-electron chi connectivity index (χ3n) is 5.62. The number of benzene rings is 2. The number of nitro groups is 1. The van der Waals surface area contributed by atoms with Crippen molar-refractivity contribution in [1.82, 2.24) is 5.32 Å². The second-order valence-corrected chi connectivity index (χ2v) is 6.93. The van der Waals surface area contributed by atoms with Gasteiger partial charge in [-0.25, -0.2) is 0 Å². The second kappa shape index (κ2) is 5.46. The Morgan fingerprint density at radius 2 is 2.16 bits per heavy atom. The molecule has 5 rings (SSSR count). The molecule has 0 radical (unpaired) electrons. The predicted molar refractivity (Wildman–Crippen MR) is 95.4 cm³/mol. The van der Waals surface area contributed by atoms with Crippen LogP contribution >= 0.6 is 0 Å². The molecule has 2 aromatic rings. The molecule has 0 bridgehead atoms. The van der Waals surface area contributed by atoms with Crippen molar-refractivity contribution in [3.8, 4) is 16.9 Å². The molecule has 0 aromatic heterocycles. The first-order valence-electron chi connectivity index (χ1n) is 8.75. The number of piperidine rings is 1. The summed E-state index contributed by atoms with van der Waals surface area (Å²) in [6, 6.07) is 11.6. The van der Waals surface area contributed by atoms with Crippen molar-refractivity contribution in [3.63, 3.8) is 0 Å². The molecule has 0 spiro atoms. The van der Waals surface area contributed by atoms with Crippen LogP contribution in [0, 0.1) is 10.1 Å². The molecule has 0 unspecified atom stereocenters. The molecular formula is C19H19N3O3. The summed E-state index contributed by atoms with van der Waals surface area (Å²) in [5.41, 5.74) is 4.52. The van der Waals surface area contributed by atoms with Gasteiger partial charge >= 0.3 is 0 Å². The number of nitrogens with one attached hydrogen (secondary N) is 1. The largest absolute Gasteiger partial charge is 0.490 e. The van der Waals surface area contributed by atoms with Crippen molar-refractivity contribution >= 4 is 11.4 Å². The number of hydrogen-bond acceptors (Lipinski definition) is 5. The maximum absolute atomic E-state index is 11.1. The van der Waals surface area contributed by atoms with Gasteiger partial charge in [0.15, 0.2) is 0 Å². The first-order chi connectivity index (χ1) is 12.2. The number of hydrogen-bond donors (Lipinski definition) is 1. The van der Waals surface area contributed by atoms with E-state index in [1.165, 1.54) is 17.3 Å². The molecule has 0 aliphatic carbocycles. The van der Waals surface area contributed by atoms with Crippen LogP contribution < -0.4 is 15.0 Å². The third-order valence-corrected chi connectivity index (χ3v) is 5.62. The number of ether oxygens (including phenoxy) is 1. The van der Waals surface area contributed by atoms with E-state index in [4.69, 9.17) is 4.74 Å². The van der Waals surface area contributed by atoms with Gasteiger partial charge in [-0.3, -0.25) is 10.1 Å². The maximum Gasteiger partial charge on any atom is 0.270 e. The van der Waals surface area contributed by atoms with Gasteiger partial charge in [0, 0.05) is 30.6 Å². The molecule has 1 N–H and O–H groups in total. The number of fused-ring (bicyclic) bond motifs is 3. The summed E-state index contributed by atoms with van der Waals surface area (Å²) in [7, 11) is 0. The first-order valence-corrected chi connectivity index (χ1v) is 8.75. The van der Waals surface area contributed by atoms with Crippen LogP contribution in [0.3, 0.4) is 0 Å². The Morgan fingerprint density at radius 3 is 3.04 bits per heavy atom. The van der Waals surface area contributed by atoms with Gasteiger partial charge in [-0.1, -0.05) is 12.1 Å². The highest BCUT2D eigenvalue weighted by molar-refractivity contribution is 5.79. The number of nitrogens with zero attached hydrogens (tertiary/aromatic N) is 2. The quantitative estimate of drug-likeness (QED) is 0.674. The third kappa shape index (κ3) is 2.21. The average molecular weight is 337 g/mol. The molecule has 128 valence electrons. The van der Waals surface area contributed by atoms with E-state index in [1.54, 1.807) is 12.1 Å². The smallest absolute Gasteiger partial charge is 0.270 e. The Labute approximate surface area is 145 Å². The van der Waals surface area contributed by atoms with Crippen LogP contribution in [0.2, 0.25) is 0 Å². The van der Waals surface area contributed by atoms with E-state index in [-0.39, 0.29) is 10.6 Å². The highest BCUT2D eigenvalue weighted by atomic mass is 16.6. The highest BCUT2D eigenvalue weighted by Crippen LogP contribution is 2.51. The van der Waals surface area contributed by atoms with Gasteiger partial charge in [0.05, 0.1) is 17.2 Å². The van der Waals surface area contributed by atoms with Crippen molar-refractivity contribution in [2.75, 3.05) is 31.1 Å². The summed E-state index contributed by atoms with van der Waals surface area (Å²) >= 11 is 0. The fraction of sp³-hybridized carbons (Fsp3) is 0.368. The molecule has 6 nitrogen and oxygen atoms in total. The van der Waals surface area contributed by atoms with Crippen molar-refractivity contribution in [1.29, 1.82) is 0 Å². The van der Waals surface area contributed by atoms with Crippen LogP contribution in [0.5, 0.6) is 5.75 Å². The van der Waals surface area contributed by atoms with E-state index < -0.39 is 0 Å². The molecule has 2 atom stereocenters. The van der Waals surface area contributed by atoms with E-state index in [0.717, 1.165) is 42.9 Å². The van der Waals surface area contributed by atoms with Crippen molar-refractivity contribution in [3.05, 3.63) is 52.1 Å². The number of anilines is 1. The van der Waals surface area contributed by atoms with Crippen LogP contribution in [0.4, 0.5) is 11.4 Å². The highest BCUT2D eigenvalue weighted by Gasteiger charge is 2.43. The monoisotopic (exact) mass is 337 g/mol. The Morgan fingerprint density at radius 1 is 1.24 bits per heavy atom. The number of rotatable bonds is 2. The van der Waals surface area contributed by atoms with E-state index in [1.807, 2.05) is 12.1 Å². The molecule has 0 amide bonds. The van der Waals surface area contributed by atoms with Gasteiger partial charge < -0.3 is 15.0 Å². The predicted octanol–water partition coefficient (Wildman–Crippen LogP) is 2.92. The molecule has 3 aliphatic rings. The lowest BCUT2D eigenvalue weighted by molar-refractivity contribution is -0.384. The SMILES string of the molecule is O=[N+]([O-])c1cccc(-c2cc3c4c(c2)[C@@H]2CNCC[C@@H]2N4CCO3)c1. The molecule has 1 saturated heterocycles. The number of nitro benzene ring substituents is 1. The Hall–Kier alpha value is -2.60. The lowest BCUT2D eigenvalue weighted by Crippen LogP contribution is -2.46. The fourth-order valence-corrected chi connectivity index (χ4v) is 4.53. The summed E-state index contributed by atoms with van der Waals surface area (Å²) in [6.45, 7) is 3.67. The van der Waals surface area contributed by atoms with Crippen LogP contribution in [0.25, 0.3) is 11.1 Å². The topological polar surface area (TPSA) is 67.6 Å². The molecule has 0 saturated carbocycles. The number of non-ortho nitro benzene ring substituents is 1. The fourth-order valence-electron chi connectivity index (χ4n) is 4.53. The van der Waals surface area contributed by atoms with E-state index in [0.29, 0.717) is 18.6 Å². The molecule has 3 heterocycles. The van der Waals surface area contributed by atoms with E-state index in [2.05, 4.69) is 16.3 Å². The molecule has 6 heteroatoms. The lowest BCUT2D eigenvalue weighted by Gasteiger charge is -2.36. The maximum atomic E-state index is 11.1. The molecule has 2 aromatic carbocycles. The molecular weight excluding hydrogens is 318 g/mol. The van der Waals surface area contributed by atoms with Gasteiger partial charge in [-0.2, -0.15) is 0 Å².